The smallest absolute Gasteiger partial charge is 0.0201 e. The zero-order valence-corrected chi connectivity index (χ0v) is 13.1. The number of likely N-dealkylation sites (N-methyl/N-ethyl adjacent to an activating group) is 1. The van der Waals surface area contributed by atoms with E-state index in [1.807, 2.05) is 11.8 Å². The highest BCUT2D eigenvalue weighted by molar-refractivity contribution is 7.99. The minimum atomic E-state index is 0.520. The molecule has 0 aliphatic rings. The number of hydrogen-bond donors (Lipinski definition) is 1. The summed E-state index contributed by atoms with van der Waals surface area (Å²) < 4.78 is 0. The Labute approximate surface area is 126 Å². The number of nitrogens with one attached hydrogen (secondary N) is 1. The highest BCUT2D eigenvalue weighted by atomic mass is 32.2. The van der Waals surface area contributed by atoms with E-state index in [9.17, 15) is 0 Å². The summed E-state index contributed by atoms with van der Waals surface area (Å²) in [7, 11) is 0. The SMILES string of the molecule is CCNC(CSc1ccccc1)Cc1cccc(C)c1. The molecule has 0 saturated heterocycles. The predicted molar refractivity (Wildman–Crippen MR) is 89.5 cm³/mol. The van der Waals surface area contributed by atoms with Gasteiger partial charge < -0.3 is 5.32 Å². The van der Waals surface area contributed by atoms with Crippen molar-refractivity contribution in [2.24, 2.45) is 0 Å². The lowest BCUT2D eigenvalue weighted by Crippen LogP contribution is -2.33. The molecule has 1 N–H and O–H groups in total. The summed E-state index contributed by atoms with van der Waals surface area (Å²) >= 11 is 1.93. The van der Waals surface area contributed by atoms with Gasteiger partial charge in [-0.1, -0.05) is 55.0 Å². The molecular formula is C18H23NS. The maximum atomic E-state index is 3.60. The molecule has 0 aliphatic carbocycles. The van der Waals surface area contributed by atoms with Crippen LogP contribution >= 0.6 is 11.8 Å². The summed E-state index contributed by atoms with van der Waals surface area (Å²) in [5.41, 5.74) is 2.76. The van der Waals surface area contributed by atoms with Gasteiger partial charge in [0.1, 0.15) is 0 Å². The maximum absolute atomic E-state index is 3.60. The minimum absolute atomic E-state index is 0.520. The number of aryl methyl sites for hydroxylation is 1. The van der Waals surface area contributed by atoms with Crippen LogP contribution < -0.4 is 5.32 Å². The molecule has 1 atom stereocenters. The average Bonchev–Trinajstić information content (AvgIpc) is 2.46. The van der Waals surface area contributed by atoms with Crippen LogP contribution in [0.3, 0.4) is 0 Å². The van der Waals surface area contributed by atoms with Crippen LogP contribution in [0.2, 0.25) is 0 Å². The highest BCUT2D eigenvalue weighted by Gasteiger charge is 2.09. The van der Waals surface area contributed by atoms with Gasteiger partial charge in [0.25, 0.3) is 0 Å². The molecule has 0 radical (unpaired) electrons. The fraction of sp³-hybridized carbons (Fsp3) is 0.333. The van der Waals surface area contributed by atoms with E-state index >= 15 is 0 Å². The van der Waals surface area contributed by atoms with Crippen molar-refractivity contribution in [2.45, 2.75) is 31.2 Å². The Kier molecular flexibility index (Phi) is 6.16. The number of rotatable bonds is 7. The van der Waals surface area contributed by atoms with Crippen molar-refractivity contribution in [2.75, 3.05) is 12.3 Å². The zero-order chi connectivity index (χ0) is 14.2. The Morgan fingerprint density at radius 1 is 1.05 bits per heavy atom. The molecule has 0 aliphatic heterocycles. The number of benzene rings is 2. The summed E-state index contributed by atoms with van der Waals surface area (Å²) in [6.45, 7) is 5.35. The van der Waals surface area contributed by atoms with Crippen molar-refractivity contribution in [3.05, 3.63) is 65.7 Å². The lowest BCUT2D eigenvalue weighted by molar-refractivity contribution is 0.572. The normalized spacial score (nSPS) is 12.3. The van der Waals surface area contributed by atoms with Gasteiger partial charge in [-0.05, 0) is 37.6 Å². The molecule has 2 rings (SSSR count). The second kappa shape index (κ2) is 8.13. The monoisotopic (exact) mass is 285 g/mol. The van der Waals surface area contributed by atoms with Crippen molar-refractivity contribution < 1.29 is 0 Å². The van der Waals surface area contributed by atoms with Gasteiger partial charge in [0.2, 0.25) is 0 Å². The first-order chi connectivity index (χ1) is 9.78. The molecular weight excluding hydrogens is 262 g/mol. The third kappa shape index (κ3) is 5.03. The molecule has 2 aromatic carbocycles. The summed E-state index contributed by atoms with van der Waals surface area (Å²) in [6.07, 6.45) is 1.09. The largest absolute Gasteiger partial charge is 0.313 e. The van der Waals surface area contributed by atoms with Gasteiger partial charge in [-0.3, -0.25) is 0 Å². The van der Waals surface area contributed by atoms with E-state index in [1.54, 1.807) is 0 Å². The second-order valence-electron chi connectivity index (χ2n) is 5.07. The van der Waals surface area contributed by atoms with Gasteiger partial charge in [0.05, 0.1) is 0 Å². The third-order valence-corrected chi connectivity index (χ3v) is 4.43. The lowest BCUT2D eigenvalue weighted by Gasteiger charge is -2.18. The van der Waals surface area contributed by atoms with Crippen molar-refractivity contribution in [1.82, 2.24) is 5.32 Å². The summed E-state index contributed by atoms with van der Waals surface area (Å²) in [6, 6.07) is 20.0. The van der Waals surface area contributed by atoms with Crippen LogP contribution in [0, 0.1) is 6.92 Å². The van der Waals surface area contributed by atoms with Gasteiger partial charge in [0.15, 0.2) is 0 Å². The summed E-state index contributed by atoms with van der Waals surface area (Å²) in [5.74, 6) is 1.10. The van der Waals surface area contributed by atoms with Crippen LogP contribution in [0.25, 0.3) is 0 Å². The van der Waals surface area contributed by atoms with Crippen molar-refractivity contribution in [3.8, 4) is 0 Å². The Bertz CT molecular complexity index is 510. The fourth-order valence-electron chi connectivity index (χ4n) is 2.32. The van der Waals surface area contributed by atoms with Crippen LogP contribution in [0.15, 0.2) is 59.5 Å². The average molecular weight is 285 g/mol. The van der Waals surface area contributed by atoms with Crippen molar-refractivity contribution in [1.29, 1.82) is 0 Å². The summed E-state index contributed by atoms with van der Waals surface area (Å²) in [4.78, 5) is 1.35. The fourth-order valence-corrected chi connectivity index (χ4v) is 3.29. The molecule has 1 unspecified atom stereocenters. The van der Waals surface area contributed by atoms with E-state index in [1.165, 1.54) is 16.0 Å². The molecule has 0 amide bonds. The molecule has 0 fully saturated rings. The van der Waals surface area contributed by atoms with Crippen LogP contribution in [0.4, 0.5) is 0 Å². The lowest BCUT2D eigenvalue weighted by atomic mass is 10.0. The Morgan fingerprint density at radius 2 is 1.85 bits per heavy atom. The molecule has 2 heteroatoms. The highest BCUT2D eigenvalue weighted by Crippen LogP contribution is 2.19. The number of hydrogen-bond acceptors (Lipinski definition) is 2. The van der Waals surface area contributed by atoms with Crippen LogP contribution in [0.5, 0.6) is 0 Å². The van der Waals surface area contributed by atoms with Crippen LogP contribution in [-0.4, -0.2) is 18.3 Å². The predicted octanol–water partition coefficient (Wildman–Crippen LogP) is 4.31. The van der Waals surface area contributed by atoms with E-state index in [0.29, 0.717) is 6.04 Å². The minimum Gasteiger partial charge on any atom is -0.313 e. The Hall–Kier alpha value is -1.25. The van der Waals surface area contributed by atoms with Gasteiger partial charge in [-0.2, -0.15) is 0 Å². The standard InChI is InChI=1S/C18H23NS/c1-3-19-17(13-16-9-7-8-15(2)12-16)14-20-18-10-5-4-6-11-18/h4-12,17,19H,3,13-14H2,1-2H3. The third-order valence-electron chi connectivity index (χ3n) is 3.25. The molecule has 20 heavy (non-hydrogen) atoms. The van der Waals surface area contributed by atoms with Crippen molar-refractivity contribution >= 4 is 11.8 Å². The van der Waals surface area contributed by atoms with Gasteiger partial charge in [-0.15, -0.1) is 11.8 Å². The Morgan fingerprint density at radius 3 is 2.55 bits per heavy atom. The molecule has 0 saturated carbocycles. The molecule has 2 aromatic rings. The molecule has 0 heterocycles. The second-order valence-corrected chi connectivity index (χ2v) is 6.17. The summed E-state index contributed by atoms with van der Waals surface area (Å²) in [5, 5.41) is 3.60. The van der Waals surface area contributed by atoms with Gasteiger partial charge in [-0.25, -0.2) is 0 Å². The van der Waals surface area contributed by atoms with Gasteiger partial charge in [0, 0.05) is 16.7 Å². The topological polar surface area (TPSA) is 12.0 Å². The van der Waals surface area contributed by atoms with Crippen molar-refractivity contribution in [3.63, 3.8) is 0 Å². The van der Waals surface area contributed by atoms with Gasteiger partial charge >= 0.3 is 0 Å². The molecule has 1 nitrogen and oxygen atoms in total. The first-order valence-electron chi connectivity index (χ1n) is 7.24. The number of thioether (sulfide) groups is 1. The molecule has 0 aromatic heterocycles. The van der Waals surface area contributed by atoms with E-state index in [2.05, 4.69) is 73.8 Å². The zero-order valence-electron chi connectivity index (χ0n) is 12.3. The molecule has 0 spiro atoms. The first kappa shape index (κ1) is 15.1. The molecule has 0 bridgehead atoms. The van der Waals surface area contributed by atoms with E-state index < -0.39 is 0 Å². The Balaban J connectivity index is 1.93. The van der Waals surface area contributed by atoms with E-state index in [4.69, 9.17) is 0 Å². The quantitative estimate of drug-likeness (QED) is 0.761. The van der Waals surface area contributed by atoms with Crippen LogP contribution in [0.1, 0.15) is 18.1 Å². The van der Waals surface area contributed by atoms with Crippen LogP contribution in [-0.2, 0) is 6.42 Å². The maximum Gasteiger partial charge on any atom is 0.0201 e. The first-order valence-corrected chi connectivity index (χ1v) is 8.23. The molecule has 106 valence electrons. The van der Waals surface area contributed by atoms with E-state index in [0.717, 1.165) is 18.7 Å². The van der Waals surface area contributed by atoms with E-state index in [-0.39, 0.29) is 0 Å².